The van der Waals surface area contributed by atoms with E-state index in [-0.39, 0.29) is 17.0 Å². The van der Waals surface area contributed by atoms with Crippen molar-refractivity contribution in [3.05, 3.63) is 54.1 Å². The van der Waals surface area contributed by atoms with Crippen molar-refractivity contribution in [2.45, 2.75) is 20.0 Å². The minimum Gasteiger partial charge on any atom is -0.545 e. The molecule has 0 aliphatic heterocycles. The molecule has 1 N–H and O–H groups in total. The normalized spacial score (nSPS) is 11.3. The van der Waals surface area contributed by atoms with Gasteiger partial charge in [0.05, 0.1) is 11.7 Å². The first kappa shape index (κ1) is 18.0. The lowest BCUT2D eigenvalue weighted by molar-refractivity contribution is -0.254. The molecule has 0 spiro atoms. The highest BCUT2D eigenvalue weighted by molar-refractivity contribution is 6.01. The van der Waals surface area contributed by atoms with Crippen molar-refractivity contribution in [1.29, 1.82) is 0 Å². The molecule has 0 heterocycles. The molecule has 0 aromatic heterocycles. The quantitative estimate of drug-likeness (QED) is 0.628. The van der Waals surface area contributed by atoms with Gasteiger partial charge in [-0.05, 0) is 37.3 Å². The van der Waals surface area contributed by atoms with E-state index in [0.29, 0.717) is 5.75 Å². The van der Waals surface area contributed by atoms with Gasteiger partial charge < -0.3 is 24.7 Å². The van der Waals surface area contributed by atoms with Crippen LogP contribution in [0.5, 0.6) is 11.5 Å². The molecule has 25 heavy (non-hydrogen) atoms. The van der Waals surface area contributed by atoms with Crippen molar-refractivity contribution >= 4 is 23.5 Å². The van der Waals surface area contributed by atoms with Crippen molar-refractivity contribution in [3.8, 4) is 11.5 Å². The summed E-state index contributed by atoms with van der Waals surface area (Å²) < 4.78 is 10.3. The topological polar surface area (TPSA) is 105 Å². The second-order valence-corrected chi connectivity index (χ2v) is 5.15. The SMILES string of the molecule is CC(=O)Oc1ccc(NC(=O)[C@@H](C)Oc2ccccc2)c(C(=O)[O-])c1. The molecular weight excluding hydrogens is 326 g/mol. The monoisotopic (exact) mass is 342 g/mol. The number of carboxylic acid groups (broad SMARTS) is 1. The van der Waals surface area contributed by atoms with E-state index in [0.717, 1.165) is 6.07 Å². The van der Waals surface area contributed by atoms with Crippen molar-refractivity contribution in [2.75, 3.05) is 5.32 Å². The van der Waals surface area contributed by atoms with Crippen LogP contribution in [-0.2, 0) is 9.59 Å². The van der Waals surface area contributed by atoms with Gasteiger partial charge in [-0.1, -0.05) is 18.2 Å². The van der Waals surface area contributed by atoms with E-state index >= 15 is 0 Å². The van der Waals surface area contributed by atoms with E-state index in [2.05, 4.69) is 5.32 Å². The summed E-state index contributed by atoms with van der Waals surface area (Å²) in [5, 5.41) is 13.7. The van der Waals surface area contributed by atoms with E-state index in [1.807, 2.05) is 6.07 Å². The number of nitrogens with one attached hydrogen (secondary N) is 1. The van der Waals surface area contributed by atoms with Gasteiger partial charge in [0.1, 0.15) is 11.5 Å². The summed E-state index contributed by atoms with van der Waals surface area (Å²) in [5.74, 6) is -2.09. The summed E-state index contributed by atoms with van der Waals surface area (Å²) in [4.78, 5) is 34.4. The molecule has 1 atom stereocenters. The molecule has 7 heteroatoms. The highest BCUT2D eigenvalue weighted by Gasteiger charge is 2.17. The van der Waals surface area contributed by atoms with Crippen molar-refractivity contribution in [1.82, 2.24) is 0 Å². The van der Waals surface area contributed by atoms with Crippen LogP contribution in [0.3, 0.4) is 0 Å². The highest BCUT2D eigenvalue weighted by Crippen LogP contribution is 2.22. The van der Waals surface area contributed by atoms with Gasteiger partial charge in [-0.3, -0.25) is 9.59 Å². The summed E-state index contributed by atoms with van der Waals surface area (Å²) in [6, 6.07) is 12.5. The highest BCUT2D eigenvalue weighted by atomic mass is 16.5. The van der Waals surface area contributed by atoms with Crippen molar-refractivity contribution in [2.24, 2.45) is 0 Å². The molecule has 0 saturated carbocycles. The van der Waals surface area contributed by atoms with Crippen LogP contribution in [0.2, 0.25) is 0 Å². The van der Waals surface area contributed by atoms with Crippen molar-refractivity contribution in [3.63, 3.8) is 0 Å². The molecule has 0 aliphatic carbocycles. The fourth-order valence-corrected chi connectivity index (χ4v) is 2.02. The van der Waals surface area contributed by atoms with E-state index in [4.69, 9.17) is 9.47 Å². The molecule has 2 aromatic carbocycles. The number of amides is 1. The lowest BCUT2D eigenvalue weighted by Gasteiger charge is -2.17. The number of esters is 1. The Kier molecular flexibility index (Phi) is 5.73. The Morgan fingerprint density at radius 1 is 1.04 bits per heavy atom. The van der Waals surface area contributed by atoms with Gasteiger partial charge in [-0.15, -0.1) is 0 Å². The Hall–Kier alpha value is -3.35. The summed E-state index contributed by atoms with van der Waals surface area (Å²) in [7, 11) is 0. The fraction of sp³-hybridized carbons (Fsp3) is 0.167. The van der Waals surface area contributed by atoms with Crippen LogP contribution in [0.25, 0.3) is 0 Å². The van der Waals surface area contributed by atoms with Gasteiger partial charge in [0.15, 0.2) is 6.10 Å². The third kappa shape index (κ3) is 5.07. The first-order valence-corrected chi connectivity index (χ1v) is 7.43. The van der Waals surface area contributed by atoms with Gasteiger partial charge in [0.2, 0.25) is 0 Å². The molecule has 0 saturated heterocycles. The first-order valence-electron chi connectivity index (χ1n) is 7.43. The minimum atomic E-state index is -1.51. The largest absolute Gasteiger partial charge is 0.545 e. The van der Waals surface area contributed by atoms with Crippen LogP contribution in [0, 0.1) is 0 Å². The lowest BCUT2D eigenvalue weighted by atomic mass is 10.1. The molecule has 130 valence electrons. The second kappa shape index (κ2) is 7.96. The number of carbonyl (C=O) groups is 3. The molecule has 0 fully saturated rings. The molecule has 1 amide bonds. The van der Waals surface area contributed by atoms with Gasteiger partial charge in [0.25, 0.3) is 5.91 Å². The van der Waals surface area contributed by atoms with Gasteiger partial charge in [-0.25, -0.2) is 0 Å². The molecule has 0 unspecified atom stereocenters. The Morgan fingerprint density at radius 3 is 2.32 bits per heavy atom. The van der Waals surface area contributed by atoms with Crippen LogP contribution in [-0.4, -0.2) is 23.9 Å². The van der Waals surface area contributed by atoms with Crippen molar-refractivity contribution < 1.29 is 29.0 Å². The Morgan fingerprint density at radius 2 is 1.72 bits per heavy atom. The smallest absolute Gasteiger partial charge is 0.308 e. The van der Waals surface area contributed by atoms with Gasteiger partial charge >= 0.3 is 5.97 Å². The zero-order chi connectivity index (χ0) is 18.4. The third-order valence-electron chi connectivity index (χ3n) is 3.16. The van der Waals surface area contributed by atoms with E-state index in [1.54, 1.807) is 24.3 Å². The number of aromatic carboxylic acids is 1. The second-order valence-electron chi connectivity index (χ2n) is 5.15. The zero-order valence-electron chi connectivity index (χ0n) is 13.6. The number of ether oxygens (including phenoxy) is 2. The summed E-state index contributed by atoms with van der Waals surface area (Å²) >= 11 is 0. The number of hydrogen-bond acceptors (Lipinski definition) is 6. The Bertz CT molecular complexity index is 787. The van der Waals surface area contributed by atoms with Crippen LogP contribution in [0.4, 0.5) is 5.69 Å². The number of carboxylic acids is 1. The molecule has 0 aliphatic rings. The predicted octanol–water partition coefficient (Wildman–Crippen LogP) is 1.38. The fourth-order valence-electron chi connectivity index (χ4n) is 2.02. The van der Waals surface area contributed by atoms with E-state index in [9.17, 15) is 19.5 Å². The number of benzene rings is 2. The van der Waals surface area contributed by atoms with Crippen LogP contribution in [0.1, 0.15) is 24.2 Å². The van der Waals surface area contributed by atoms with Gasteiger partial charge in [0, 0.05) is 12.5 Å². The lowest BCUT2D eigenvalue weighted by Crippen LogP contribution is -2.32. The van der Waals surface area contributed by atoms with Gasteiger partial charge in [-0.2, -0.15) is 0 Å². The van der Waals surface area contributed by atoms with Crippen LogP contribution < -0.4 is 19.9 Å². The maximum Gasteiger partial charge on any atom is 0.308 e. The van der Waals surface area contributed by atoms with Crippen LogP contribution in [0.15, 0.2) is 48.5 Å². The number of rotatable bonds is 6. The Labute approximate surface area is 144 Å². The maximum absolute atomic E-state index is 12.2. The average molecular weight is 342 g/mol. The molecular formula is C18H16NO6-. The Balaban J connectivity index is 2.13. The zero-order valence-corrected chi connectivity index (χ0v) is 13.6. The summed E-state index contributed by atoms with van der Waals surface area (Å²) in [6.45, 7) is 2.73. The summed E-state index contributed by atoms with van der Waals surface area (Å²) in [5.41, 5.74) is -0.288. The number of carbonyl (C=O) groups excluding carboxylic acids is 3. The number of para-hydroxylation sites is 1. The van der Waals surface area contributed by atoms with E-state index in [1.165, 1.54) is 26.0 Å². The molecule has 0 radical (unpaired) electrons. The molecule has 2 aromatic rings. The maximum atomic E-state index is 12.2. The molecule has 7 nitrogen and oxygen atoms in total. The summed E-state index contributed by atoms with van der Waals surface area (Å²) in [6.07, 6.45) is -0.856. The standard InChI is InChI=1S/C18H17NO6/c1-11(24-13-6-4-3-5-7-13)17(21)19-16-9-8-14(25-12(2)20)10-15(16)18(22)23/h3-11H,1-2H3,(H,19,21)(H,22,23)/p-1/t11-/m1/s1. The number of anilines is 1. The molecule has 0 bridgehead atoms. The minimum absolute atomic E-state index is 0.0180. The number of hydrogen-bond donors (Lipinski definition) is 1. The van der Waals surface area contributed by atoms with E-state index < -0.39 is 23.9 Å². The molecule has 2 rings (SSSR count). The average Bonchev–Trinajstić information content (AvgIpc) is 2.56. The van der Waals surface area contributed by atoms with Crippen LogP contribution >= 0.6 is 0 Å². The first-order chi connectivity index (χ1) is 11.9. The third-order valence-corrected chi connectivity index (χ3v) is 3.16. The predicted molar refractivity (Wildman–Crippen MR) is 87.2 cm³/mol.